The van der Waals surface area contributed by atoms with Gasteiger partial charge in [-0.25, -0.2) is 13.6 Å². The van der Waals surface area contributed by atoms with Crippen molar-refractivity contribution in [3.63, 3.8) is 0 Å². The first-order valence-corrected chi connectivity index (χ1v) is 6.94. The summed E-state index contributed by atoms with van der Waals surface area (Å²) in [6.07, 6.45) is 1.83. The Bertz CT molecular complexity index is 532. The van der Waals surface area contributed by atoms with Crippen molar-refractivity contribution in [1.82, 2.24) is 10.2 Å². The van der Waals surface area contributed by atoms with E-state index >= 15 is 0 Å². The standard InChI is InChI=1S/C15H20F2N2O2/c1-10(11-3-4-12(16)13(17)7-11)18-14(21)19(2)8-15(9-20)5-6-15/h3-4,7,10,20H,5-6,8-9H2,1-2H3,(H,18,21)/t10-/m1/s1. The van der Waals surface area contributed by atoms with Crippen LogP contribution >= 0.6 is 0 Å². The largest absolute Gasteiger partial charge is 0.396 e. The number of halogens is 2. The Balaban J connectivity index is 1.93. The second-order valence-electron chi connectivity index (χ2n) is 5.86. The van der Waals surface area contributed by atoms with Crippen LogP contribution in [-0.4, -0.2) is 36.2 Å². The van der Waals surface area contributed by atoms with Crippen LogP contribution in [0.1, 0.15) is 31.4 Å². The van der Waals surface area contributed by atoms with E-state index in [1.807, 2.05) is 0 Å². The van der Waals surface area contributed by atoms with Gasteiger partial charge in [-0.2, -0.15) is 0 Å². The SMILES string of the molecule is C[C@@H](NC(=O)N(C)CC1(CO)CC1)c1ccc(F)c(F)c1. The number of hydrogen-bond donors (Lipinski definition) is 2. The van der Waals surface area contributed by atoms with E-state index in [1.54, 1.807) is 14.0 Å². The minimum atomic E-state index is -0.931. The predicted octanol–water partition coefficient (Wildman–Crippen LogP) is 2.44. The van der Waals surface area contributed by atoms with Crippen LogP contribution < -0.4 is 5.32 Å². The summed E-state index contributed by atoms with van der Waals surface area (Å²) in [5, 5.41) is 12.0. The van der Waals surface area contributed by atoms with Crippen LogP contribution in [0.4, 0.5) is 13.6 Å². The lowest BCUT2D eigenvalue weighted by atomic mass is 10.1. The molecule has 1 fully saturated rings. The summed E-state index contributed by atoms with van der Waals surface area (Å²) < 4.78 is 26.1. The number of carbonyl (C=O) groups excluding carboxylic acids is 1. The number of hydrogen-bond acceptors (Lipinski definition) is 2. The van der Waals surface area contributed by atoms with E-state index in [1.165, 1.54) is 11.0 Å². The molecule has 0 saturated heterocycles. The van der Waals surface area contributed by atoms with Crippen LogP contribution in [0.2, 0.25) is 0 Å². The fraction of sp³-hybridized carbons (Fsp3) is 0.533. The van der Waals surface area contributed by atoms with Gasteiger partial charge in [0.15, 0.2) is 11.6 Å². The fourth-order valence-electron chi connectivity index (χ4n) is 2.28. The van der Waals surface area contributed by atoms with Gasteiger partial charge in [0.2, 0.25) is 0 Å². The van der Waals surface area contributed by atoms with Crippen LogP contribution in [0.15, 0.2) is 18.2 Å². The number of rotatable bonds is 5. The molecular formula is C15H20F2N2O2. The molecular weight excluding hydrogens is 278 g/mol. The molecule has 4 nitrogen and oxygen atoms in total. The maximum atomic E-state index is 13.2. The van der Waals surface area contributed by atoms with E-state index in [0.29, 0.717) is 12.1 Å². The first-order valence-electron chi connectivity index (χ1n) is 6.94. The van der Waals surface area contributed by atoms with Gasteiger partial charge < -0.3 is 15.3 Å². The topological polar surface area (TPSA) is 52.6 Å². The molecule has 1 aromatic rings. The second-order valence-corrected chi connectivity index (χ2v) is 5.86. The average molecular weight is 298 g/mol. The molecule has 0 aliphatic heterocycles. The Hall–Kier alpha value is -1.69. The summed E-state index contributed by atoms with van der Waals surface area (Å²) in [6.45, 7) is 2.26. The van der Waals surface area contributed by atoms with Crippen molar-refractivity contribution >= 4 is 6.03 Å². The number of nitrogens with one attached hydrogen (secondary N) is 1. The first-order chi connectivity index (χ1) is 9.87. The van der Waals surface area contributed by atoms with E-state index in [2.05, 4.69) is 5.32 Å². The molecule has 0 radical (unpaired) electrons. The monoisotopic (exact) mass is 298 g/mol. The summed E-state index contributed by atoms with van der Waals surface area (Å²) in [6, 6.07) is 2.84. The lowest BCUT2D eigenvalue weighted by Gasteiger charge is -2.25. The van der Waals surface area contributed by atoms with E-state index in [0.717, 1.165) is 25.0 Å². The highest BCUT2D eigenvalue weighted by Crippen LogP contribution is 2.45. The molecule has 1 atom stereocenters. The van der Waals surface area contributed by atoms with Crippen molar-refractivity contribution in [2.24, 2.45) is 5.41 Å². The third kappa shape index (κ3) is 3.69. The molecule has 0 heterocycles. The van der Waals surface area contributed by atoms with Gasteiger partial charge in [-0.1, -0.05) is 6.07 Å². The van der Waals surface area contributed by atoms with Gasteiger partial charge in [0.1, 0.15) is 0 Å². The number of aliphatic hydroxyl groups is 1. The zero-order chi connectivity index (χ0) is 15.6. The average Bonchev–Trinajstić information content (AvgIpc) is 3.21. The lowest BCUT2D eigenvalue weighted by Crippen LogP contribution is -2.42. The highest BCUT2D eigenvalue weighted by Gasteiger charge is 2.43. The molecule has 1 aliphatic rings. The molecule has 0 spiro atoms. The zero-order valence-corrected chi connectivity index (χ0v) is 12.2. The molecule has 0 aromatic heterocycles. The molecule has 21 heavy (non-hydrogen) atoms. The normalized spacial score (nSPS) is 17.2. The van der Waals surface area contributed by atoms with E-state index in [9.17, 15) is 18.7 Å². The van der Waals surface area contributed by atoms with E-state index in [-0.39, 0.29) is 18.1 Å². The highest BCUT2D eigenvalue weighted by atomic mass is 19.2. The fourth-order valence-corrected chi connectivity index (χ4v) is 2.28. The van der Waals surface area contributed by atoms with Crippen molar-refractivity contribution < 1.29 is 18.7 Å². The highest BCUT2D eigenvalue weighted by molar-refractivity contribution is 5.74. The van der Waals surface area contributed by atoms with Gasteiger partial charge >= 0.3 is 6.03 Å². The summed E-state index contributed by atoms with van der Waals surface area (Å²) >= 11 is 0. The summed E-state index contributed by atoms with van der Waals surface area (Å²) in [5.41, 5.74) is 0.344. The number of carbonyl (C=O) groups is 1. The Kier molecular flexibility index (Phi) is 4.46. The van der Waals surface area contributed by atoms with Crippen molar-refractivity contribution in [2.75, 3.05) is 20.2 Å². The van der Waals surface area contributed by atoms with Crippen LogP contribution in [0.25, 0.3) is 0 Å². The van der Waals surface area contributed by atoms with Gasteiger partial charge in [-0.05, 0) is 37.5 Å². The third-order valence-electron chi connectivity index (χ3n) is 4.00. The van der Waals surface area contributed by atoms with E-state index in [4.69, 9.17) is 0 Å². The molecule has 2 amide bonds. The summed E-state index contributed by atoms with van der Waals surface area (Å²) in [5.74, 6) is -1.84. The van der Waals surface area contributed by atoms with Crippen LogP contribution in [0, 0.1) is 17.0 Å². The first kappa shape index (κ1) is 15.7. The number of amides is 2. The Morgan fingerprint density at radius 2 is 2.10 bits per heavy atom. The Labute approximate surface area is 122 Å². The van der Waals surface area contributed by atoms with Gasteiger partial charge in [0.25, 0.3) is 0 Å². The van der Waals surface area contributed by atoms with Crippen molar-refractivity contribution in [3.05, 3.63) is 35.4 Å². The van der Waals surface area contributed by atoms with Crippen molar-refractivity contribution in [2.45, 2.75) is 25.8 Å². The van der Waals surface area contributed by atoms with Crippen LogP contribution in [-0.2, 0) is 0 Å². The smallest absolute Gasteiger partial charge is 0.317 e. The molecule has 1 aliphatic carbocycles. The molecule has 1 aromatic carbocycles. The molecule has 116 valence electrons. The second kappa shape index (κ2) is 5.97. The molecule has 0 unspecified atom stereocenters. The van der Waals surface area contributed by atoms with Gasteiger partial charge in [-0.3, -0.25) is 0 Å². The van der Waals surface area contributed by atoms with Crippen LogP contribution in [0.5, 0.6) is 0 Å². The molecule has 2 rings (SSSR count). The lowest BCUT2D eigenvalue weighted by molar-refractivity contribution is 0.160. The summed E-state index contributed by atoms with van der Waals surface area (Å²) in [4.78, 5) is 13.6. The molecule has 1 saturated carbocycles. The maximum Gasteiger partial charge on any atom is 0.317 e. The maximum absolute atomic E-state index is 13.2. The van der Waals surface area contributed by atoms with Crippen molar-refractivity contribution in [3.8, 4) is 0 Å². The Morgan fingerprint density at radius 3 is 2.62 bits per heavy atom. The van der Waals surface area contributed by atoms with Gasteiger partial charge in [0, 0.05) is 19.0 Å². The van der Waals surface area contributed by atoms with Gasteiger partial charge in [0.05, 0.1) is 12.6 Å². The number of aliphatic hydroxyl groups excluding tert-OH is 1. The third-order valence-corrected chi connectivity index (χ3v) is 4.00. The van der Waals surface area contributed by atoms with Crippen LogP contribution in [0.3, 0.4) is 0 Å². The zero-order valence-electron chi connectivity index (χ0n) is 12.2. The van der Waals surface area contributed by atoms with E-state index < -0.39 is 17.7 Å². The minimum absolute atomic E-state index is 0.0728. The minimum Gasteiger partial charge on any atom is -0.396 e. The van der Waals surface area contributed by atoms with Crippen molar-refractivity contribution in [1.29, 1.82) is 0 Å². The quantitative estimate of drug-likeness (QED) is 0.877. The number of benzene rings is 1. The number of urea groups is 1. The molecule has 0 bridgehead atoms. The molecule has 2 N–H and O–H groups in total. The summed E-state index contributed by atoms with van der Waals surface area (Å²) in [7, 11) is 1.66. The Morgan fingerprint density at radius 1 is 1.43 bits per heavy atom. The van der Waals surface area contributed by atoms with Gasteiger partial charge in [-0.15, -0.1) is 0 Å². The number of nitrogens with zero attached hydrogens (tertiary/aromatic N) is 1. The molecule has 6 heteroatoms. The predicted molar refractivity (Wildman–Crippen MR) is 74.7 cm³/mol.